The van der Waals surface area contributed by atoms with Crippen LogP contribution in [-0.2, 0) is 5.41 Å². The molecule has 0 atom stereocenters. The first-order valence-electron chi connectivity index (χ1n) is 6.44. The predicted molar refractivity (Wildman–Crippen MR) is 74.6 cm³/mol. The minimum absolute atomic E-state index is 0.121. The first-order chi connectivity index (χ1) is 9.13. The van der Waals surface area contributed by atoms with Gasteiger partial charge in [0.25, 0.3) is 0 Å². The smallest absolute Gasteiger partial charge is 0.242 e. The van der Waals surface area contributed by atoms with E-state index in [-0.39, 0.29) is 5.91 Å². The molecule has 0 aliphatic heterocycles. The normalized spacial score (nSPS) is 16.9. The average molecular weight is 275 g/mol. The highest BCUT2D eigenvalue weighted by molar-refractivity contribution is 6.30. The SMILES string of the molecule is Cc1nccn1C(=O)C1(c2ccc(Cl)cc2)CCC1. The van der Waals surface area contributed by atoms with Gasteiger partial charge in [0.05, 0.1) is 5.41 Å². The van der Waals surface area contributed by atoms with Crippen LogP contribution in [0.15, 0.2) is 36.7 Å². The third kappa shape index (κ3) is 1.89. The first kappa shape index (κ1) is 12.4. The van der Waals surface area contributed by atoms with E-state index < -0.39 is 5.41 Å². The Kier molecular flexibility index (Phi) is 2.94. The molecule has 19 heavy (non-hydrogen) atoms. The van der Waals surface area contributed by atoms with Crippen LogP contribution in [0.4, 0.5) is 0 Å². The molecule has 1 saturated carbocycles. The number of nitrogens with zero attached hydrogens (tertiary/aromatic N) is 2. The van der Waals surface area contributed by atoms with Crippen LogP contribution in [0.2, 0.25) is 5.02 Å². The summed E-state index contributed by atoms with van der Waals surface area (Å²) in [4.78, 5) is 16.9. The number of hydrogen-bond acceptors (Lipinski definition) is 2. The molecule has 1 aliphatic carbocycles. The Morgan fingerprint density at radius 2 is 2.00 bits per heavy atom. The standard InChI is InChI=1S/C15H15ClN2O/c1-11-17-9-10-18(11)14(19)15(7-2-8-15)12-3-5-13(16)6-4-12/h3-6,9-10H,2,7-8H2,1H3. The Balaban J connectivity index is 2.02. The summed E-state index contributed by atoms with van der Waals surface area (Å²) >= 11 is 5.93. The molecule has 1 aliphatic rings. The Morgan fingerprint density at radius 1 is 1.32 bits per heavy atom. The summed E-state index contributed by atoms with van der Waals surface area (Å²) in [6.07, 6.45) is 6.29. The predicted octanol–water partition coefficient (Wildman–Crippen LogP) is 3.61. The largest absolute Gasteiger partial charge is 0.273 e. The third-order valence-corrected chi connectivity index (χ3v) is 4.31. The summed E-state index contributed by atoms with van der Waals surface area (Å²) in [5, 5.41) is 0.699. The molecular weight excluding hydrogens is 260 g/mol. The Morgan fingerprint density at radius 3 is 2.47 bits per heavy atom. The van der Waals surface area contributed by atoms with Gasteiger partial charge in [0.2, 0.25) is 5.91 Å². The molecule has 0 bridgehead atoms. The summed E-state index contributed by atoms with van der Waals surface area (Å²) in [6.45, 7) is 1.85. The van der Waals surface area contributed by atoms with Gasteiger partial charge in [-0.05, 0) is 37.5 Å². The van der Waals surface area contributed by atoms with E-state index in [9.17, 15) is 4.79 Å². The number of carbonyl (C=O) groups is 1. The summed E-state index contributed by atoms with van der Waals surface area (Å²) in [7, 11) is 0. The molecule has 4 heteroatoms. The van der Waals surface area contributed by atoms with E-state index in [0.717, 1.165) is 30.7 Å². The Bertz CT molecular complexity index is 611. The monoisotopic (exact) mass is 274 g/mol. The summed E-state index contributed by atoms with van der Waals surface area (Å²) in [5.41, 5.74) is 0.664. The van der Waals surface area contributed by atoms with Crippen LogP contribution >= 0.6 is 11.6 Å². The lowest BCUT2D eigenvalue weighted by atomic mass is 9.63. The van der Waals surface area contributed by atoms with Crippen molar-refractivity contribution in [3.8, 4) is 0 Å². The van der Waals surface area contributed by atoms with Crippen LogP contribution in [0.5, 0.6) is 0 Å². The second-order valence-corrected chi connectivity index (χ2v) is 5.53. The van der Waals surface area contributed by atoms with E-state index in [4.69, 9.17) is 11.6 Å². The van der Waals surface area contributed by atoms with Gasteiger partial charge >= 0.3 is 0 Å². The molecule has 1 aromatic carbocycles. The van der Waals surface area contributed by atoms with Gasteiger partial charge in [-0.15, -0.1) is 0 Å². The number of aromatic nitrogens is 2. The number of hydrogen-bond donors (Lipinski definition) is 0. The highest BCUT2D eigenvalue weighted by Crippen LogP contribution is 2.45. The molecule has 0 amide bonds. The molecule has 0 saturated heterocycles. The quantitative estimate of drug-likeness (QED) is 0.838. The van der Waals surface area contributed by atoms with Crippen molar-refractivity contribution >= 4 is 17.5 Å². The molecule has 0 unspecified atom stereocenters. The van der Waals surface area contributed by atoms with Crippen molar-refractivity contribution in [2.45, 2.75) is 31.6 Å². The van der Waals surface area contributed by atoms with Gasteiger partial charge in [0, 0.05) is 17.4 Å². The number of halogens is 1. The van der Waals surface area contributed by atoms with Crippen LogP contribution < -0.4 is 0 Å². The summed E-state index contributed by atoms with van der Waals surface area (Å²) in [5.74, 6) is 0.862. The van der Waals surface area contributed by atoms with Gasteiger partial charge in [-0.25, -0.2) is 4.98 Å². The molecule has 0 spiro atoms. The highest BCUT2D eigenvalue weighted by Gasteiger charge is 2.46. The zero-order valence-corrected chi connectivity index (χ0v) is 11.5. The van der Waals surface area contributed by atoms with E-state index in [1.165, 1.54) is 0 Å². The van der Waals surface area contributed by atoms with Crippen LogP contribution in [0, 0.1) is 6.92 Å². The maximum atomic E-state index is 12.8. The molecule has 0 radical (unpaired) electrons. The first-order valence-corrected chi connectivity index (χ1v) is 6.82. The lowest BCUT2D eigenvalue weighted by Gasteiger charge is -2.40. The molecular formula is C15H15ClN2O. The van der Waals surface area contributed by atoms with Gasteiger partial charge in [-0.3, -0.25) is 9.36 Å². The fourth-order valence-corrected chi connectivity index (χ4v) is 2.87. The number of benzene rings is 1. The van der Waals surface area contributed by atoms with Gasteiger partial charge in [-0.2, -0.15) is 0 Å². The molecule has 2 aromatic rings. The molecule has 3 nitrogen and oxygen atoms in total. The van der Waals surface area contributed by atoms with Crippen LogP contribution in [0.3, 0.4) is 0 Å². The van der Waals surface area contributed by atoms with Crippen molar-refractivity contribution in [3.63, 3.8) is 0 Å². The molecule has 98 valence electrons. The number of aryl methyl sites for hydroxylation is 1. The lowest BCUT2D eigenvalue weighted by Crippen LogP contribution is -2.45. The van der Waals surface area contributed by atoms with Crippen molar-refractivity contribution in [2.24, 2.45) is 0 Å². The van der Waals surface area contributed by atoms with Gasteiger partial charge in [0.15, 0.2) is 0 Å². The zero-order chi connectivity index (χ0) is 13.5. The van der Waals surface area contributed by atoms with Crippen molar-refractivity contribution in [1.82, 2.24) is 9.55 Å². The number of carbonyl (C=O) groups excluding carboxylic acids is 1. The molecule has 1 heterocycles. The average Bonchev–Trinajstić information content (AvgIpc) is 2.76. The second kappa shape index (κ2) is 4.49. The fraction of sp³-hybridized carbons (Fsp3) is 0.333. The Hall–Kier alpha value is -1.61. The maximum Gasteiger partial charge on any atom is 0.242 e. The van der Waals surface area contributed by atoms with Crippen LogP contribution in [0.25, 0.3) is 0 Å². The zero-order valence-electron chi connectivity index (χ0n) is 10.8. The molecule has 0 N–H and O–H groups in total. The second-order valence-electron chi connectivity index (χ2n) is 5.09. The molecule has 1 aromatic heterocycles. The minimum atomic E-state index is -0.393. The van der Waals surface area contributed by atoms with E-state index >= 15 is 0 Å². The van der Waals surface area contributed by atoms with E-state index in [2.05, 4.69) is 4.98 Å². The molecule has 1 fully saturated rings. The fourth-order valence-electron chi connectivity index (χ4n) is 2.75. The van der Waals surface area contributed by atoms with Crippen molar-refractivity contribution in [1.29, 1.82) is 0 Å². The number of rotatable bonds is 2. The van der Waals surface area contributed by atoms with E-state index in [1.54, 1.807) is 17.0 Å². The minimum Gasteiger partial charge on any atom is -0.273 e. The summed E-state index contributed by atoms with van der Waals surface area (Å²) < 4.78 is 1.66. The van der Waals surface area contributed by atoms with Crippen molar-refractivity contribution in [3.05, 3.63) is 53.1 Å². The number of imidazole rings is 1. The maximum absolute atomic E-state index is 12.8. The lowest BCUT2D eigenvalue weighted by molar-refractivity contribution is 0.0691. The van der Waals surface area contributed by atoms with Crippen molar-refractivity contribution in [2.75, 3.05) is 0 Å². The van der Waals surface area contributed by atoms with Gasteiger partial charge in [0.1, 0.15) is 5.82 Å². The van der Waals surface area contributed by atoms with Gasteiger partial charge < -0.3 is 0 Å². The highest BCUT2D eigenvalue weighted by atomic mass is 35.5. The van der Waals surface area contributed by atoms with Crippen molar-refractivity contribution < 1.29 is 4.79 Å². The van der Waals surface area contributed by atoms with E-state index in [0.29, 0.717) is 5.02 Å². The molecule has 3 rings (SSSR count). The topological polar surface area (TPSA) is 34.9 Å². The van der Waals surface area contributed by atoms with Crippen LogP contribution in [0.1, 0.15) is 35.4 Å². The third-order valence-electron chi connectivity index (χ3n) is 4.06. The summed E-state index contributed by atoms with van der Waals surface area (Å²) in [6, 6.07) is 7.63. The van der Waals surface area contributed by atoms with E-state index in [1.807, 2.05) is 31.2 Å². The van der Waals surface area contributed by atoms with Gasteiger partial charge in [-0.1, -0.05) is 30.2 Å². The Labute approximate surface area is 117 Å². The van der Waals surface area contributed by atoms with Crippen LogP contribution in [-0.4, -0.2) is 15.5 Å².